The van der Waals surface area contributed by atoms with Gasteiger partial charge in [-0.3, -0.25) is 4.79 Å². The highest BCUT2D eigenvalue weighted by molar-refractivity contribution is 7.91. The number of nitrogens with zero attached hydrogens (tertiary/aromatic N) is 4. The number of thiophene rings is 1. The van der Waals surface area contributed by atoms with Crippen molar-refractivity contribution < 1.29 is 17.7 Å². The predicted molar refractivity (Wildman–Crippen MR) is 123 cm³/mol. The second-order valence-electron chi connectivity index (χ2n) is 8.65. The fourth-order valence-corrected chi connectivity index (χ4v) is 6.91. The van der Waals surface area contributed by atoms with Crippen molar-refractivity contribution in [2.24, 2.45) is 5.92 Å². The van der Waals surface area contributed by atoms with E-state index in [0.29, 0.717) is 48.4 Å². The Hall–Kier alpha value is -2.63. The smallest absolute Gasteiger partial charge is 0.252 e. The molecule has 0 radical (unpaired) electrons. The Morgan fingerprint density at radius 3 is 2.85 bits per heavy atom. The number of hydrogen-bond donors (Lipinski definition) is 1. The second kappa shape index (κ2) is 8.96. The molecule has 1 aliphatic carbocycles. The van der Waals surface area contributed by atoms with E-state index in [-0.39, 0.29) is 16.7 Å². The third-order valence-electron chi connectivity index (χ3n) is 6.25. The van der Waals surface area contributed by atoms with Crippen LogP contribution >= 0.6 is 11.3 Å². The van der Waals surface area contributed by atoms with Gasteiger partial charge in [-0.1, -0.05) is 11.6 Å². The van der Waals surface area contributed by atoms with E-state index in [4.69, 9.17) is 4.52 Å². The van der Waals surface area contributed by atoms with Crippen molar-refractivity contribution in [3.63, 3.8) is 0 Å². The molecule has 1 unspecified atom stereocenters. The number of aromatic nitrogens is 3. The molecule has 3 aromatic rings. The van der Waals surface area contributed by atoms with E-state index >= 15 is 0 Å². The molecule has 1 atom stereocenters. The van der Waals surface area contributed by atoms with Gasteiger partial charge in [-0.15, -0.1) is 11.3 Å². The summed E-state index contributed by atoms with van der Waals surface area (Å²) in [7, 11) is -3.73. The largest absolute Gasteiger partial charge is 0.339 e. The van der Waals surface area contributed by atoms with E-state index in [1.807, 2.05) is 13.0 Å². The molecule has 0 spiro atoms. The first-order valence-corrected chi connectivity index (χ1v) is 13.4. The lowest BCUT2D eigenvalue weighted by atomic mass is 9.85. The normalized spacial score (nSPS) is 19.8. The van der Waals surface area contributed by atoms with Crippen molar-refractivity contribution in [3.05, 3.63) is 41.2 Å². The SMILES string of the molecule is Cc1ccnc(NC(=O)C2CCCN(S(=O)(=O)c3cc(-c4noc(C5CCC5)n4)cs3)C2)c1. The number of anilines is 1. The number of sulfonamides is 1. The van der Waals surface area contributed by atoms with Crippen molar-refractivity contribution in [2.75, 3.05) is 18.4 Å². The molecule has 1 amide bonds. The number of hydrogen-bond acceptors (Lipinski definition) is 8. The van der Waals surface area contributed by atoms with Gasteiger partial charge in [0.1, 0.15) is 10.0 Å². The highest BCUT2D eigenvalue weighted by Gasteiger charge is 2.34. The summed E-state index contributed by atoms with van der Waals surface area (Å²) in [6.45, 7) is 2.45. The monoisotopic (exact) mass is 487 g/mol. The highest BCUT2D eigenvalue weighted by atomic mass is 32.2. The van der Waals surface area contributed by atoms with Gasteiger partial charge in [-0.2, -0.15) is 9.29 Å². The summed E-state index contributed by atoms with van der Waals surface area (Å²) in [5.74, 6) is 1.19. The Bertz CT molecular complexity index is 1270. The number of amides is 1. The van der Waals surface area contributed by atoms with Gasteiger partial charge in [0.2, 0.25) is 17.6 Å². The number of nitrogens with one attached hydrogen (secondary N) is 1. The number of carbonyl (C=O) groups is 1. The summed E-state index contributed by atoms with van der Waals surface area (Å²) >= 11 is 1.13. The Balaban J connectivity index is 1.28. The Morgan fingerprint density at radius 2 is 2.09 bits per heavy atom. The van der Waals surface area contributed by atoms with Crippen molar-refractivity contribution in [1.29, 1.82) is 0 Å². The van der Waals surface area contributed by atoms with Crippen LogP contribution in [-0.2, 0) is 14.8 Å². The number of pyridine rings is 1. The van der Waals surface area contributed by atoms with Crippen LogP contribution in [0.1, 0.15) is 49.5 Å². The summed E-state index contributed by atoms with van der Waals surface area (Å²) in [5, 5.41) is 8.58. The van der Waals surface area contributed by atoms with Crippen LogP contribution in [-0.4, -0.2) is 46.8 Å². The number of rotatable bonds is 6. The van der Waals surface area contributed by atoms with Crippen LogP contribution < -0.4 is 5.32 Å². The molecule has 1 aliphatic heterocycles. The molecule has 1 saturated carbocycles. The molecule has 5 rings (SSSR count). The molecule has 0 bridgehead atoms. The Labute approximate surface area is 196 Å². The van der Waals surface area contributed by atoms with Crippen LogP contribution in [0.5, 0.6) is 0 Å². The summed E-state index contributed by atoms with van der Waals surface area (Å²) in [4.78, 5) is 21.4. The minimum Gasteiger partial charge on any atom is -0.339 e. The fourth-order valence-electron chi connectivity index (χ4n) is 4.08. The number of aryl methyl sites for hydroxylation is 1. The first-order chi connectivity index (χ1) is 15.9. The van der Waals surface area contributed by atoms with Crippen LogP contribution in [0.25, 0.3) is 11.4 Å². The fraction of sp³-hybridized carbons (Fsp3) is 0.455. The summed E-state index contributed by atoms with van der Waals surface area (Å²) in [6.07, 6.45) is 6.15. The molecule has 2 fully saturated rings. The summed E-state index contributed by atoms with van der Waals surface area (Å²) in [6, 6.07) is 5.23. The van der Waals surface area contributed by atoms with E-state index in [9.17, 15) is 13.2 Å². The zero-order valence-corrected chi connectivity index (χ0v) is 19.9. The molecule has 33 heavy (non-hydrogen) atoms. The van der Waals surface area contributed by atoms with Gasteiger partial charge in [0.05, 0.1) is 5.92 Å². The van der Waals surface area contributed by atoms with E-state index in [0.717, 1.165) is 29.7 Å². The van der Waals surface area contributed by atoms with Gasteiger partial charge in [0.15, 0.2) is 0 Å². The lowest BCUT2D eigenvalue weighted by Gasteiger charge is -2.30. The highest BCUT2D eigenvalue weighted by Crippen LogP contribution is 2.37. The summed E-state index contributed by atoms with van der Waals surface area (Å²) in [5.41, 5.74) is 1.62. The number of carbonyl (C=O) groups excluding carboxylic acids is 1. The number of piperidine rings is 1. The Morgan fingerprint density at radius 1 is 1.24 bits per heavy atom. The quantitative estimate of drug-likeness (QED) is 0.562. The topological polar surface area (TPSA) is 118 Å². The average Bonchev–Trinajstić information content (AvgIpc) is 3.43. The molecule has 2 aliphatic rings. The van der Waals surface area contributed by atoms with Gasteiger partial charge >= 0.3 is 0 Å². The molecular weight excluding hydrogens is 462 g/mol. The molecule has 1 saturated heterocycles. The van der Waals surface area contributed by atoms with E-state index < -0.39 is 15.9 Å². The zero-order chi connectivity index (χ0) is 23.0. The predicted octanol–water partition coefficient (Wildman–Crippen LogP) is 3.81. The maximum atomic E-state index is 13.3. The van der Waals surface area contributed by atoms with Crippen LogP contribution in [0.4, 0.5) is 5.82 Å². The molecule has 3 aromatic heterocycles. The van der Waals surface area contributed by atoms with Crippen molar-refractivity contribution >= 4 is 33.1 Å². The lowest BCUT2D eigenvalue weighted by molar-refractivity contribution is -0.120. The standard InChI is InChI=1S/C22H25N5O4S2/c1-14-7-8-23-18(10-14)24-21(28)16-6-3-9-27(12-16)33(29,30)19-11-17(13-32-19)20-25-22(31-26-20)15-4-2-5-15/h7-8,10-11,13,15-16H,2-6,9,12H2,1H3,(H,23,24,28). The maximum absolute atomic E-state index is 13.3. The van der Waals surface area contributed by atoms with Crippen molar-refractivity contribution in [3.8, 4) is 11.4 Å². The van der Waals surface area contributed by atoms with Gasteiger partial charge in [0.25, 0.3) is 10.0 Å². The van der Waals surface area contributed by atoms with E-state index in [2.05, 4.69) is 20.4 Å². The van der Waals surface area contributed by atoms with Crippen LogP contribution in [0.15, 0.2) is 38.5 Å². The first kappa shape index (κ1) is 22.2. The van der Waals surface area contributed by atoms with E-state index in [1.165, 1.54) is 10.7 Å². The minimum atomic E-state index is -3.73. The molecule has 9 nitrogen and oxygen atoms in total. The zero-order valence-electron chi connectivity index (χ0n) is 18.2. The lowest BCUT2D eigenvalue weighted by Crippen LogP contribution is -2.43. The molecule has 1 N–H and O–H groups in total. The molecule has 11 heteroatoms. The molecule has 4 heterocycles. The van der Waals surface area contributed by atoms with Crippen LogP contribution in [0.2, 0.25) is 0 Å². The minimum absolute atomic E-state index is 0.140. The van der Waals surface area contributed by atoms with Gasteiger partial charge < -0.3 is 9.84 Å². The van der Waals surface area contributed by atoms with Crippen LogP contribution in [0.3, 0.4) is 0 Å². The average molecular weight is 488 g/mol. The van der Waals surface area contributed by atoms with Gasteiger partial charge in [-0.25, -0.2) is 13.4 Å². The third-order valence-corrected chi connectivity index (χ3v) is 9.53. The second-order valence-corrected chi connectivity index (χ2v) is 11.7. The van der Waals surface area contributed by atoms with Crippen molar-refractivity contribution in [1.82, 2.24) is 19.4 Å². The molecule has 0 aromatic carbocycles. The molecule has 174 valence electrons. The van der Waals surface area contributed by atoms with Gasteiger partial charge in [-0.05, 0) is 56.4 Å². The van der Waals surface area contributed by atoms with Gasteiger partial charge in [0, 0.05) is 36.1 Å². The summed E-state index contributed by atoms with van der Waals surface area (Å²) < 4.78 is 33.6. The van der Waals surface area contributed by atoms with Crippen molar-refractivity contribution in [2.45, 2.75) is 49.2 Å². The molecular formula is C22H25N5O4S2. The van der Waals surface area contributed by atoms with Crippen LogP contribution in [0, 0.1) is 12.8 Å². The van der Waals surface area contributed by atoms with E-state index in [1.54, 1.807) is 23.7 Å². The Kier molecular flexibility index (Phi) is 6.02. The third kappa shape index (κ3) is 4.57. The maximum Gasteiger partial charge on any atom is 0.252 e. The first-order valence-electron chi connectivity index (χ1n) is 11.1.